The van der Waals surface area contributed by atoms with Crippen LogP contribution in [0.4, 0.5) is 4.39 Å². The molecule has 23 heavy (non-hydrogen) atoms. The van der Waals surface area contributed by atoms with Gasteiger partial charge in [-0.25, -0.2) is 9.18 Å². The summed E-state index contributed by atoms with van der Waals surface area (Å²) in [5.74, 6) is -2.37. The lowest BCUT2D eigenvalue weighted by Crippen LogP contribution is -2.33. The molecule has 0 aliphatic rings. The van der Waals surface area contributed by atoms with Gasteiger partial charge < -0.3 is 10.1 Å². The first-order chi connectivity index (χ1) is 10.6. The number of Topliss-reactive ketones (excluding diaryl/α,β-unsaturated/α-hetero) is 1. The van der Waals surface area contributed by atoms with Crippen LogP contribution in [0.2, 0.25) is 10.0 Å². The largest absolute Gasteiger partial charge is 0.462 e. The van der Waals surface area contributed by atoms with Crippen molar-refractivity contribution in [2.75, 3.05) is 6.61 Å². The van der Waals surface area contributed by atoms with E-state index in [0.717, 1.165) is 12.1 Å². The van der Waals surface area contributed by atoms with Gasteiger partial charge in [0.25, 0.3) is 0 Å². The molecule has 0 aliphatic carbocycles. The van der Waals surface area contributed by atoms with Crippen LogP contribution in [-0.4, -0.2) is 23.9 Å². The predicted octanol–water partition coefficient (Wildman–Crippen LogP) is 4.15. The van der Waals surface area contributed by atoms with Crippen LogP contribution in [0.25, 0.3) is 0 Å². The summed E-state index contributed by atoms with van der Waals surface area (Å²) < 4.78 is 18.5. The summed E-state index contributed by atoms with van der Waals surface area (Å²) in [4.78, 5) is 24.6. The Kier molecular flexibility index (Phi) is 6.59. The second kappa shape index (κ2) is 7.79. The predicted molar refractivity (Wildman–Crippen MR) is 88.4 cm³/mol. The minimum Gasteiger partial charge on any atom is -0.462 e. The van der Waals surface area contributed by atoms with Crippen LogP contribution >= 0.6 is 23.2 Å². The van der Waals surface area contributed by atoms with E-state index >= 15 is 0 Å². The summed E-state index contributed by atoms with van der Waals surface area (Å²) >= 11 is 11.6. The summed E-state index contributed by atoms with van der Waals surface area (Å²) in [6.45, 7) is 7.27. The molecular formula is C16H18Cl2FNO3. The topological polar surface area (TPSA) is 55.4 Å². The maximum atomic E-state index is 13.6. The molecule has 0 aliphatic heterocycles. The molecule has 0 heterocycles. The summed E-state index contributed by atoms with van der Waals surface area (Å²) in [5, 5.41) is 2.65. The fraction of sp³-hybridized carbons (Fsp3) is 0.375. The first kappa shape index (κ1) is 19.5. The van der Waals surface area contributed by atoms with Crippen LogP contribution in [0.3, 0.4) is 0 Å². The Labute approximate surface area is 144 Å². The number of nitrogens with one attached hydrogen (secondary N) is 1. The van der Waals surface area contributed by atoms with E-state index in [1.165, 1.54) is 6.20 Å². The van der Waals surface area contributed by atoms with Gasteiger partial charge in [-0.1, -0.05) is 23.2 Å². The molecule has 0 amide bonds. The van der Waals surface area contributed by atoms with Gasteiger partial charge in [0, 0.05) is 17.3 Å². The van der Waals surface area contributed by atoms with Gasteiger partial charge in [0.05, 0.1) is 16.7 Å². The summed E-state index contributed by atoms with van der Waals surface area (Å²) in [6.07, 6.45) is 1.25. The normalized spacial score (nSPS) is 12.0. The van der Waals surface area contributed by atoms with Crippen molar-refractivity contribution in [2.24, 2.45) is 0 Å². The minimum absolute atomic E-state index is 0.0487. The zero-order valence-electron chi connectivity index (χ0n) is 13.3. The molecule has 0 spiro atoms. The number of ketones is 1. The standard InChI is InChI=1S/C16H18Cl2FNO3/c1-5-23-15(22)10(8-20-16(2,3)4)14(21)9-6-13(19)12(18)7-11(9)17/h6-8,20H,5H2,1-4H3/b10-8+. The number of benzene rings is 1. The molecule has 0 bridgehead atoms. The molecule has 1 aromatic carbocycles. The number of hydrogen-bond acceptors (Lipinski definition) is 4. The molecular weight excluding hydrogens is 344 g/mol. The van der Waals surface area contributed by atoms with E-state index in [2.05, 4.69) is 5.32 Å². The zero-order chi connectivity index (χ0) is 17.8. The molecule has 0 unspecified atom stereocenters. The van der Waals surface area contributed by atoms with Gasteiger partial charge in [0.2, 0.25) is 5.78 Å². The van der Waals surface area contributed by atoms with Gasteiger partial charge in [-0.05, 0) is 39.8 Å². The van der Waals surface area contributed by atoms with Gasteiger partial charge in [0.1, 0.15) is 11.4 Å². The molecule has 4 nitrogen and oxygen atoms in total. The third-order valence-electron chi connectivity index (χ3n) is 2.64. The minimum atomic E-state index is -0.819. The van der Waals surface area contributed by atoms with Gasteiger partial charge in [0.15, 0.2) is 0 Å². The van der Waals surface area contributed by atoms with E-state index in [-0.39, 0.29) is 33.3 Å². The van der Waals surface area contributed by atoms with Crippen molar-refractivity contribution in [3.8, 4) is 0 Å². The molecule has 0 fully saturated rings. The van der Waals surface area contributed by atoms with Crippen molar-refractivity contribution in [1.29, 1.82) is 0 Å². The van der Waals surface area contributed by atoms with Crippen LogP contribution in [0, 0.1) is 5.82 Å². The molecule has 0 atom stereocenters. The number of carbonyl (C=O) groups is 2. The highest BCUT2D eigenvalue weighted by atomic mass is 35.5. The Balaban J connectivity index is 3.29. The third kappa shape index (κ3) is 5.52. The van der Waals surface area contributed by atoms with Crippen LogP contribution in [0.5, 0.6) is 0 Å². The molecule has 126 valence electrons. The number of ether oxygens (including phenoxy) is 1. The van der Waals surface area contributed by atoms with E-state index < -0.39 is 17.6 Å². The summed E-state index contributed by atoms with van der Waals surface area (Å²) in [5.41, 5.74) is -0.818. The fourth-order valence-corrected chi connectivity index (χ4v) is 2.03. The molecule has 0 saturated carbocycles. The Morgan fingerprint density at radius 1 is 1.26 bits per heavy atom. The molecule has 1 N–H and O–H groups in total. The Bertz CT molecular complexity index is 651. The van der Waals surface area contributed by atoms with Crippen LogP contribution < -0.4 is 5.32 Å². The highest BCUT2D eigenvalue weighted by Crippen LogP contribution is 2.26. The first-order valence-corrected chi connectivity index (χ1v) is 7.66. The monoisotopic (exact) mass is 361 g/mol. The lowest BCUT2D eigenvalue weighted by Gasteiger charge is -2.19. The zero-order valence-corrected chi connectivity index (χ0v) is 14.8. The van der Waals surface area contributed by atoms with Gasteiger partial charge >= 0.3 is 5.97 Å². The molecule has 0 radical (unpaired) electrons. The SMILES string of the molecule is CCOC(=O)/C(=C/NC(C)(C)C)C(=O)c1cc(F)c(Cl)cc1Cl. The molecule has 7 heteroatoms. The molecule has 1 rings (SSSR count). The highest BCUT2D eigenvalue weighted by Gasteiger charge is 2.25. The molecule has 0 aromatic heterocycles. The van der Waals surface area contributed by atoms with E-state index in [4.69, 9.17) is 27.9 Å². The maximum Gasteiger partial charge on any atom is 0.343 e. The third-order valence-corrected chi connectivity index (χ3v) is 3.25. The average Bonchev–Trinajstić information content (AvgIpc) is 2.41. The number of esters is 1. The van der Waals surface area contributed by atoms with Crippen molar-refractivity contribution >= 4 is 35.0 Å². The van der Waals surface area contributed by atoms with E-state index in [1.807, 2.05) is 20.8 Å². The molecule has 1 aromatic rings. The van der Waals surface area contributed by atoms with Crippen LogP contribution in [-0.2, 0) is 9.53 Å². The van der Waals surface area contributed by atoms with Crippen LogP contribution in [0.15, 0.2) is 23.9 Å². The highest BCUT2D eigenvalue weighted by molar-refractivity contribution is 6.39. The van der Waals surface area contributed by atoms with Crippen molar-refractivity contribution in [3.05, 3.63) is 45.3 Å². The Morgan fingerprint density at radius 2 is 1.87 bits per heavy atom. The lowest BCUT2D eigenvalue weighted by atomic mass is 10.0. The number of rotatable bonds is 5. The van der Waals surface area contributed by atoms with E-state index in [1.54, 1.807) is 6.92 Å². The van der Waals surface area contributed by atoms with Crippen LogP contribution in [0.1, 0.15) is 38.1 Å². The Hall–Kier alpha value is -1.59. The summed E-state index contributed by atoms with van der Waals surface area (Å²) in [6, 6.07) is 2.02. The first-order valence-electron chi connectivity index (χ1n) is 6.91. The lowest BCUT2D eigenvalue weighted by molar-refractivity contribution is -0.138. The van der Waals surface area contributed by atoms with Gasteiger partial charge in [-0.3, -0.25) is 4.79 Å². The second-order valence-corrected chi connectivity index (χ2v) is 6.56. The summed E-state index contributed by atoms with van der Waals surface area (Å²) in [7, 11) is 0. The van der Waals surface area contributed by atoms with Crippen molar-refractivity contribution in [3.63, 3.8) is 0 Å². The van der Waals surface area contributed by atoms with Crippen molar-refractivity contribution in [2.45, 2.75) is 33.2 Å². The smallest absolute Gasteiger partial charge is 0.343 e. The van der Waals surface area contributed by atoms with Crippen molar-refractivity contribution in [1.82, 2.24) is 5.32 Å². The molecule has 0 saturated heterocycles. The Morgan fingerprint density at radius 3 is 2.39 bits per heavy atom. The number of halogens is 3. The number of carbonyl (C=O) groups excluding carboxylic acids is 2. The quantitative estimate of drug-likeness (QED) is 0.214. The van der Waals surface area contributed by atoms with Gasteiger partial charge in [-0.2, -0.15) is 0 Å². The van der Waals surface area contributed by atoms with Gasteiger partial charge in [-0.15, -0.1) is 0 Å². The van der Waals surface area contributed by atoms with E-state index in [9.17, 15) is 14.0 Å². The van der Waals surface area contributed by atoms with E-state index in [0.29, 0.717) is 0 Å². The van der Waals surface area contributed by atoms with Crippen molar-refractivity contribution < 1.29 is 18.7 Å². The maximum absolute atomic E-state index is 13.6. The number of hydrogen-bond donors (Lipinski definition) is 1. The fourth-order valence-electron chi connectivity index (χ4n) is 1.56. The second-order valence-electron chi connectivity index (χ2n) is 5.75. The average molecular weight is 362 g/mol.